The fourth-order valence-electron chi connectivity index (χ4n) is 1.84. The number of hydrogen-bond donors (Lipinski definition) is 1. The van der Waals surface area contributed by atoms with Gasteiger partial charge in [-0.05, 0) is 11.6 Å². The van der Waals surface area contributed by atoms with E-state index in [4.69, 9.17) is 9.57 Å². The van der Waals surface area contributed by atoms with Gasteiger partial charge in [0.25, 0.3) is 0 Å². The summed E-state index contributed by atoms with van der Waals surface area (Å²) in [6, 6.07) is 17.1. The molecule has 0 bridgehead atoms. The molecular formula is C16H17NO3. The second-order valence-corrected chi connectivity index (χ2v) is 4.27. The van der Waals surface area contributed by atoms with Crippen molar-refractivity contribution < 1.29 is 14.4 Å². The molecule has 0 amide bonds. The Bertz CT molecular complexity index is 555. The summed E-state index contributed by atoms with van der Waals surface area (Å²) in [5.41, 5.74) is 4.53. The normalized spacial score (nSPS) is 10.1. The molecule has 0 fully saturated rings. The quantitative estimate of drug-likeness (QED) is 0.820. The molecule has 0 saturated heterocycles. The van der Waals surface area contributed by atoms with Crippen LogP contribution in [0.3, 0.4) is 0 Å². The summed E-state index contributed by atoms with van der Waals surface area (Å²) in [6.45, 7) is 0.407. The van der Waals surface area contributed by atoms with Crippen molar-refractivity contribution in [2.45, 2.75) is 13.0 Å². The summed E-state index contributed by atoms with van der Waals surface area (Å²) in [5, 5.41) is 0. The molecule has 0 atom stereocenters. The van der Waals surface area contributed by atoms with Crippen LogP contribution in [0.2, 0.25) is 0 Å². The molecule has 0 spiro atoms. The lowest BCUT2D eigenvalue weighted by Crippen LogP contribution is -2.21. The highest BCUT2D eigenvalue weighted by molar-refractivity contribution is 5.72. The molecule has 0 heterocycles. The van der Waals surface area contributed by atoms with Crippen LogP contribution in [0.15, 0.2) is 54.6 Å². The summed E-state index contributed by atoms with van der Waals surface area (Å²) < 4.78 is 5.22. The van der Waals surface area contributed by atoms with Gasteiger partial charge in [-0.2, -0.15) is 0 Å². The van der Waals surface area contributed by atoms with Crippen molar-refractivity contribution in [3.05, 3.63) is 65.7 Å². The fourth-order valence-corrected chi connectivity index (χ4v) is 1.84. The molecule has 0 aliphatic carbocycles. The first-order chi connectivity index (χ1) is 9.79. The topological polar surface area (TPSA) is 47.6 Å². The number of benzene rings is 2. The minimum atomic E-state index is -0.314. The largest absolute Gasteiger partial charge is 0.496 e. The Kier molecular flexibility index (Phi) is 5.15. The Labute approximate surface area is 118 Å². The predicted octanol–water partition coefficient (Wildman–Crippen LogP) is 2.49. The Morgan fingerprint density at radius 3 is 2.50 bits per heavy atom. The van der Waals surface area contributed by atoms with Gasteiger partial charge in [-0.1, -0.05) is 48.5 Å². The van der Waals surface area contributed by atoms with Crippen molar-refractivity contribution in [1.29, 1.82) is 0 Å². The minimum absolute atomic E-state index is 0.250. The van der Waals surface area contributed by atoms with E-state index >= 15 is 0 Å². The highest BCUT2D eigenvalue weighted by Crippen LogP contribution is 2.16. The van der Waals surface area contributed by atoms with E-state index in [1.54, 1.807) is 7.11 Å². The van der Waals surface area contributed by atoms with E-state index in [2.05, 4.69) is 5.48 Å². The van der Waals surface area contributed by atoms with Gasteiger partial charge in [-0.3, -0.25) is 4.79 Å². The van der Waals surface area contributed by atoms with Crippen molar-refractivity contribution in [3.8, 4) is 5.75 Å². The van der Waals surface area contributed by atoms with Crippen LogP contribution in [0, 0.1) is 0 Å². The van der Waals surface area contributed by atoms with Crippen molar-refractivity contribution in [1.82, 2.24) is 5.48 Å². The van der Waals surface area contributed by atoms with Gasteiger partial charge in [0.2, 0.25) is 0 Å². The molecule has 0 aliphatic heterocycles. The number of para-hydroxylation sites is 1. The molecule has 0 aliphatic rings. The smallest absolute Gasteiger partial charge is 0.329 e. The number of rotatable bonds is 6. The molecule has 4 nitrogen and oxygen atoms in total. The maximum absolute atomic E-state index is 11.6. The van der Waals surface area contributed by atoms with E-state index in [9.17, 15) is 4.79 Å². The molecule has 4 heteroatoms. The lowest BCUT2D eigenvalue weighted by atomic mass is 10.2. The Morgan fingerprint density at radius 2 is 1.75 bits per heavy atom. The Balaban J connectivity index is 1.79. The van der Waals surface area contributed by atoms with E-state index in [0.717, 1.165) is 16.9 Å². The predicted molar refractivity (Wildman–Crippen MR) is 76.1 cm³/mol. The van der Waals surface area contributed by atoms with Crippen LogP contribution < -0.4 is 10.2 Å². The number of carbonyl (C=O) groups is 1. The van der Waals surface area contributed by atoms with Gasteiger partial charge in [0.1, 0.15) is 5.75 Å². The minimum Gasteiger partial charge on any atom is -0.496 e. The van der Waals surface area contributed by atoms with Gasteiger partial charge in [0, 0.05) is 5.56 Å². The van der Waals surface area contributed by atoms with Gasteiger partial charge in [0.15, 0.2) is 0 Å². The van der Waals surface area contributed by atoms with Gasteiger partial charge < -0.3 is 9.57 Å². The number of hydrogen-bond acceptors (Lipinski definition) is 4. The molecular weight excluding hydrogens is 254 g/mol. The second kappa shape index (κ2) is 7.31. The third-order valence-corrected chi connectivity index (χ3v) is 2.83. The number of nitrogens with one attached hydrogen (secondary N) is 1. The molecule has 0 unspecified atom stereocenters. The highest BCUT2D eigenvalue weighted by atomic mass is 16.7. The first-order valence-electron chi connectivity index (χ1n) is 6.38. The summed E-state index contributed by atoms with van der Waals surface area (Å²) in [6.07, 6.45) is 0.250. The lowest BCUT2D eigenvalue weighted by molar-refractivity contribution is -0.150. The third kappa shape index (κ3) is 4.10. The third-order valence-electron chi connectivity index (χ3n) is 2.83. The van der Waals surface area contributed by atoms with Crippen LogP contribution >= 0.6 is 0 Å². The zero-order chi connectivity index (χ0) is 14.2. The number of hydroxylamine groups is 1. The Morgan fingerprint density at radius 1 is 1.05 bits per heavy atom. The molecule has 1 N–H and O–H groups in total. The van der Waals surface area contributed by atoms with Crippen LogP contribution in [0.5, 0.6) is 5.75 Å². The number of carbonyl (C=O) groups excluding carboxylic acids is 1. The molecule has 2 aromatic carbocycles. The van der Waals surface area contributed by atoms with Gasteiger partial charge in [0.05, 0.1) is 20.1 Å². The zero-order valence-corrected chi connectivity index (χ0v) is 11.3. The summed E-state index contributed by atoms with van der Waals surface area (Å²) in [5.74, 6) is 0.449. The SMILES string of the molecule is COc1ccccc1CNOC(=O)Cc1ccccc1. The first kappa shape index (κ1) is 14.1. The van der Waals surface area contributed by atoms with Crippen LogP contribution in [0.25, 0.3) is 0 Å². The molecule has 0 saturated carbocycles. The van der Waals surface area contributed by atoms with Crippen molar-refractivity contribution in [2.24, 2.45) is 0 Å². The van der Waals surface area contributed by atoms with Crippen LogP contribution in [0.4, 0.5) is 0 Å². The Hall–Kier alpha value is -2.33. The second-order valence-electron chi connectivity index (χ2n) is 4.27. The maximum Gasteiger partial charge on any atom is 0.329 e. The molecule has 20 heavy (non-hydrogen) atoms. The van der Waals surface area contributed by atoms with E-state index in [-0.39, 0.29) is 12.4 Å². The van der Waals surface area contributed by atoms with Crippen LogP contribution in [-0.2, 0) is 22.6 Å². The molecule has 0 aromatic heterocycles. The average molecular weight is 271 g/mol. The molecule has 2 aromatic rings. The van der Waals surface area contributed by atoms with E-state index in [0.29, 0.717) is 6.54 Å². The van der Waals surface area contributed by atoms with Crippen LogP contribution in [-0.4, -0.2) is 13.1 Å². The van der Waals surface area contributed by atoms with Gasteiger partial charge in [-0.25, -0.2) is 0 Å². The standard InChI is InChI=1S/C16H17NO3/c1-19-15-10-6-5-9-14(15)12-17-20-16(18)11-13-7-3-2-4-8-13/h2-10,17H,11-12H2,1H3. The molecule has 104 valence electrons. The summed E-state index contributed by atoms with van der Waals surface area (Å²) in [7, 11) is 1.61. The maximum atomic E-state index is 11.6. The van der Waals surface area contributed by atoms with E-state index < -0.39 is 0 Å². The number of methoxy groups -OCH3 is 1. The lowest BCUT2D eigenvalue weighted by Gasteiger charge is -2.09. The average Bonchev–Trinajstić information content (AvgIpc) is 2.49. The summed E-state index contributed by atoms with van der Waals surface area (Å²) >= 11 is 0. The number of ether oxygens (including phenoxy) is 1. The van der Waals surface area contributed by atoms with E-state index in [1.165, 1.54) is 0 Å². The summed E-state index contributed by atoms with van der Waals surface area (Å²) in [4.78, 5) is 16.6. The van der Waals surface area contributed by atoms with Crippen molar-refractivity contribution in [3.63, 3.8) is 0 Å². The van der Waals surface area contributed by atoms with Gasteiger partial charge in [-0.15, -0.1) is 5.48 Å². The molecule has 0 radical (unpaired) electrons. The van der Waals surface area contributed by atoms with Crippen molar-refractivity contribution >= 4 is 5.97 Å². The fraction of sp³-hybridized carbons (Fsp3) is 0.188. The van der Waals surface area contributed by atoms with Crippen molar-refractivity contribution in [2.75, 3.05) is 7.11 Å². The molecule has 2 rings (SSSR count). The monoisotopic (exact) mass is 271 g/mol. The first-order valence-corrected chi connectivity index (χ1v) is 6.38. The van der Waals surface area contributed by atoms with Crippen LogP contribution in [0.1, 0.15) is 11.1 Å². The van der Waals surface area contributed by atoms with E-state index in [1.807, 2.05) is 54.6 Å². The zero-order valence-electron chi connectivity index (χ0n) is 11.3. The van der Waals surface area contributed by atoms with Gasteiger partial charge >= 0.3 is 5.97 Å². The highest BCUT2D eigenvalue weighted by Gasteiger charge is 2.06.